The number of aromatic nitrogens is 2. The lowest BCUT2D eigenvalue weighted by Gasteiger charge is -2.03. The Hall–Kier alpha value is -1.49. The fraction of sp³-hybridized carbons (Fsp3) is 0.167. The first-order valence-corrected chi connectivity index (χ1v) is 5.84. The van der Waals surface area contributed by atoms with E-state index in [-0.39, 0.29) is 11.4 Å². The van der Waals surface area contributed by atoms with Crippen LogP contribution < -0.4 is 5.56 Å². The van der Waals surface area contributed by atoms with E-state index in [9.17, 15) is 9.18 Å². The van der Waals surface area contributed by atoms with Gasteiger partial charge in [-0.25, -0.2) is 9.49 Å². The average Bonchev–Trinajstić information content (AvgIpc) is 2.29. The zero-order chi connectivity index (χ0) is 12.4. The van der Waals surface area contributed by atoms with Crippen LogP contribution in [-0.2, 0) is 6.42 Å². The van der Waals surface area contributed by atoms with Gasteiger partial charge in [0.1, 0.15) is 5.82 Å². The average molecular weight is 297 g/mol. The van der Waals surface area contributed by atoms with Gasteiger partial charge in [0.15, 0.2) is 0 Å². The molecule has 0 saturated carbocycles. The highest BCUT2D eigenvalue weighted by Gasteiger charge is 2.05. The fourth-order valence-electron chi connectivity index (χ4n) is 1.56. The summed E-state index contributed by atoms with van der Waals surface area (Å²) in [5.41, 5.74) is 2.03. The third kappa shape index (κ3) is 2.79. The number of benzene rings is 1. The quantitative estimate of drug-likeness (QED) is 0.926. The molecule has 1 aromatic heterocycles. The van der Waals surface area contributed by atoms with Gasteiger partial charge in [-0.05, 0) is 46.6 Å². The number of aryl methyl sites for hydroxylation is 1. The third-order valence-corrected chi connectivity index (χ3v) is 2.99. The summed E-state index contributed by atoms with van der Waals surface area (Å²) in [4.78, 5) is 11.5. The van der Waals surface area contributed by atoms with Crippen molar-refractivity contribution in [3.05, 3.63) is 61.7 Å². The number of H-pyrrole nitrogens is 1. The molecule has 0 saturated heterocycles. The molecule has 0 radical (unpaired) electrons. The minimum atomic E-state index is -0.312. The number of rotatable bonds is 2. The number of hydrogen-bond donors (Lipinski definition) is 1. The van der Waals surface area contributed by atoms with Gasteiger partial charge in [0.25, 0.3) is 5.56 Å². The number of aromatic amines is 1. The van der Waals surface area contributed by atoms with Crippen LogP contribution in [0.4, 0.5) is 4.39 Å². The molecule has 2 rings (SSSR count). The molecule has 0 fully saturated rings. The first kappa shape index (κ1) is 12.0. The van der Waals surface area contributed by atoms with Gasteiger partial charge in [-0.1, -0.05) is 6.07 Å². The van der Waals surface area contributed by atoms with Crippen LogP contribution in [0.1, 0.15) is 16.8 Å². The standard InChI is InChI=1S/C12H10BrFN2O/c1-7-4-9(12(17)16-15-7)5-8-2-3-11(14)10(13)6-8/h2-4,6H,5H2,1H3,(H,16,17). The molecular formula is C12H10BrFN2O. The molecule has 0 unspecified atom stereocenters. The summed E-state index contributed by atoms with van der Waals surface area (Å²) in [6.45, 7) is 1.81. The van der Waals surface area contributed by atoms with Crippen molar-refractivity contribution in [2.45, 2.75) is 13.3 Å². The summed E-state index contributed by atoms with van der Waals surface area (Å²) in [5.74, 6) is -0.312. The van der Waals surface area contributed by atoms with Crippen LogP contribution in [0.2, 0.25) is 0 Å². The van der Waals surface area contributed by atoms with Crippen LogP contribution in [0.25, 0.3) is 0 Å². The SMILES string of the molecule is Cc1cc(Cc2ccc(F)c(Br)c2)c(=O)[nH]n1. The van der Waals surface area contributed by atoms with Crippen LogP contribution in [0, 0.1) is 12.7 Å². The van der Waals surface area contributed by atoms with Gasteiger partial charge in [0.05, 0.1) is 10.2 Å². The molecule has 0 aliphatic heterocycles. The largest absolute Gasteiger partial charge is 0.268 e. The fourth-order valence-corrected chi connectivity index (χ4v) is 1.99. The first-order valence-electron chi connectivity index (χ1n) is 5.05. The molecule has 17 heavy (non-hydrogen) atoms. The van der Waals surface area contributed by atoms with Crippen molar-refractivity contribution in [1.29, 1.82) is 0 Å². The molecule has 5 heteroatoms. The molecule has 88 valence electrons. The number of nitrogens with zero attached hydrogens (tertiary/aromatic N) is 1. The van der Waals surface area contributed by atoms with E-state index in [1.807, 2.05) is 0 Å². The predicted octanol–water partition coefficient (Wildman–Crippen LogP) is 2.57. The van der Waals surface area contributed by atoms with E-state index in [1.165, 1.54) is 6.07 Å². The van der Waals surface area contributed by atoms with E-state index in [0.717, 1.165) is 11.3 Å². The Bertz CT molecular complexity index is 610. The van der Waals surface area contributed by atoms with Crippen molar-refractivity contribution >= 4 is 15.9 Å². The summed E-state index contributed by atoms with van der Waals surface area (Å²) in [5, 5.41) is 6.23. The molecule has 0 bridgehead atoms. The van der Waals surface area contributed by atoms with Crippen LogP contribution in [0.15, 0.2) is 33.5 Å². The van der Waals surface area contributed by atoms with Gasteiger partial charge in [-0.2, -0.15) is 5.10 Å². The van der Waals surface area contributed by atoms with Gasteiger partial charge in [0.2, 0.25) is 0 Å². The molecule has 0 amide bonds. The third-order valence-electron chi connectivity index (χ3n) is 2.39. The Morgan fingerprint density at radius 3 is 2.88 bits per heavy atom. The van der Waals surface area contributed by atoms with E-state index >= 15 is 0 Å². The number of nitrogens with one attached hydrogen (secondary N) is 1. The zero-order valence-corrected chi connectivity index (χ0v) is 10.7. The predicted molar refractivity (Wildman–Crippen MR) is 66.5 cm³/mol. The Balaban J connectivity index is 2.34. The molecule has 0 aliphatic carbocycles. The maximum absolute atomic E-state index is 13.1. The van der Waals surface area contributed by atoms with Crippen molar-refractivity contribution in [2.24, 2.45) is 0 Å². The molecule has 0 spiro atoms. The first-order chi connectivity index (χ1) is 8.06. The highest BCUT2D eigenvalue weighted by molar-refractivity contribution is 9.10. The van der Waals surface area contributed by atoms with Crippen molar-refractivity contribution in [1.82, 2.24) is 10.2 Å². The lowest BCUT2D eigenvalue weighted by Crippen LogP contribution is -2.15. The van der Waals surface area contributed by atoms with E-state index < -0.39 is 0 Å². The Morgan fingerprint density at radius 1 is 1.41 bits per heavy atom. The maximum atomic E-state index is 13.1. The van der Waals surface area contributed by atoms with Crippen LogP contribution >= 0.6 is 15.9 Å². The molecule has 0 atom stereocenters. The lowest BCUT2D eigenvalue weighted by atomic mass is 10.1. The van der Waals surface area contributed by atoms with Gasteiger partial charge in [0, 0.05) is 12.0 Å². The Morgan fingerprint density at radius 2 is 2.18 bits per heavy atom. The van der Waals surface area contributed by atoms with Gasteiger partial charge >= 0.3 is 0 Å². The Labute approximate surface area is 106 Å². The van der Waals surface area contributed by atoms with E-state index in [1.54, 1.807) is 25.1 Å². The second kappa shape index (κ2) is 4.79. The Kier molecular flexibility index (Phi) is 3.38. The number of halogens is 2. The molecule has 1 heterocycles. The topological polar surface area (TPSA) is 45.8 Å². The monoisotopic (exact) mass is 296 g/mol. The smallest absolute Gasteiger partial charge is 0.267 e. The second-order valence-electron chi connectivity index (χ2n) is 3.79. The highest BCUT2D eigenvalue weighted by atomic mass is 79.9. The van der Waals surface area contributed by atoms with E-state index in [0.29, 0.717) is 16.5 Å². The second-order valence-corrected chi connectivity index (χ2v) is 4.64. The maximum Gasteiger partial charge on any atom is 0.267 e. The van der Waals surface area contributed by atoms with Crippen molar-refractivity contribution in [2.75, 3.05) is 0 Å². The zero-order valence-electron chi connectivity index (χ0n) is 9.13. The van der Waals surface area contributed by atoms with Gasteiger partial charge in [-0.3, -0.25) is 4.79 Å². The minimum Gasteiger partial charge on any atom is -0.268 e. The van der Waals surface area contributed by atoms with Gasteiger partial charge < -0.3 is 0 Å². The molecule has 0 aliphatic rings. The summed E-state index contributed by atoms with van der Waals surface area (Å²) in [6, 6.07) is 6.44. The molecule has 1 N–H and O–H groups in total. The molecular weight excluding hydrogens is 287 g/mol. The van der Waals surface area contributed by atoms with Crippen molar-refractivity contribution < 1.29 is 4.39 Å². The summed E-state index contributed by atoms with van der Waals surface area (Å²) >= 11 is 3.12. The lowest BCUT2D eigenvalue weighted by molar-refractivity contribution is 0.620. The van der Waals surface area contributed by atoms with Crippen LogP contribution in [0.5, 0.6) is 0 Å². The molecule has 1 aromatic carbocycles. The highest BCUT2D eigenvalue weighted by Crippen LogP contribution is 2.18. The van der Waals surface area contributed by atoms with E-state index in [4.69, 9.17) is 0 Å². The summed E-state index contributed by atoms with van der Waals surface area (Å²) in [6.07, 6.45) is 0.456. The van der Waals surface area contributed by atoms with Crippen molar-refractivity contribution in [3.8, 4) is 0 Å². The van der Waals surface area contributed by atoms with E-state index in [2.05, 4.69) is 26.1 Å². The summed E-state index contributed by atoms with van der Waals surface area (Å²) < 4.78 is 13.5. The molecule has 3 nitrogen and oxygen atoms in total. The molecule has 2 aromatic rings. The minimum absolute atomic E-state index is 0.212. The summed E-state index contributed by atoms with van der Waals surface area (Å²) in [7, 11) is 0. The van der Waals surface area contributed by atoms with Crippen molar-refractivity contribution in [3.63, 3.8) is 0 Å². The van der Waals surface area contributed by atoms with Crippen LogP contribution in [0.3, 0.4) is 0 Å². The normalized spacial score (nSPS) is 10.5. The van der Waals surface area contributed by atoms with Crippen LogP contribution in [-0.4, -0.2) is 10.2 Å². The number of hydrogen-bond acceptors (Lipinski definition) is 2. The van der Waals surface area contributed by atoms with Gasteiger partial charge in [-0.15, -0.1) is 0 Å².